The van der Waals surface area contributed by atoms with Crippen molar-refractivity contribution in [2.45, 2.75) is 25.6 Å². The Hall–Kier alpha value is -1.88. The van der Waals surface area contributed by atoms with E-state index in [-0.39, 0.29) is 29.9 Å². The largest absolute Gasteiger partial charge is 0.367 e. The smallest absolute Gasteiger partial charge is 0.228 e. The van der Waals surface area contributed by atoms with Gasteiger partial charge in [-0.15, -0.1) is 0 Å². The van der Waals surface area contributed by atoms with Gasteiger partial charge in [0.25, 0.3) is 0 Å². The van der Waals surface area contributed by atoms with E-state index in [0.29, 0.717) is 26.1 Å². The Kier molecular flexibility index (Phi) is 3.92. The number of nitrogens with one attached hydrogen (secondary N) is 1. The number of hydrogen-bond acceptors (Lipinski definition) is 3. The van der Waals surface area contributed by atoms with E-state index in [2.05, 4.69) is 5.32 Å². The van der Waals surface area contributed by atoms with Crippen LogP contribution in [0.25, 0.3) is 0 Å². The van der Waals surface area contributed by atoms with Crippen LogP contribution in [0.15, 0.2) is 30.3 Å². The molecule has 2 amide bonds. The Morgan fingerprint density at radius 1 is 1.29 bits per heavy atom. The van der Waals surface area contributed by atoms with Crippen molar-refractivity contribution in [1.29, 1.82) is 0 Å². The second-order valence-electron chi connectivity index (χ2n) is 5.79. The minimum atomic E-state index is -0.223. The summed E-state index contributed by atoms with van der Waals surface area (Å²) in [7, 11) is 0. The van der Waals surface area contributed by atoms with Crippen molar-refractivity contribution >= 4 is 11.8 Å². The standard InChI is InChI=1S/C16H20N2O3/c1-11-9-18(16(20)13-7-15(19)17-8-13)10-14(21-11)12-5-3-2-4-6-12/h2-6,11,13-14H,7-10H2,1H3,(H,17,19). The number of benzene rings is 1. The summed E-state index contributed by atoms with van der Waals surface area (Å²) in [5, 5.41) is 2.73. The third-order valence-electron chi connectivity index (χ3n) is 4.07. The van der Waals surface area contributed by atoms with Gasteiger partial charge >= 0.3 is 0 Å². The monoisotopic (exact) mass is 288 g/mol. The van der Waals surface area contributed by atoms with Crippen LogP contribution in [0.5, 0.6) is 0 Å². The Bertz CT molecular complexity index is 532. The Labute approximate surface area is 124 Å². The van der Waals surface area contributed by atoms with Crippen molar-refractivity contribution in [2.75, 3.05) is 19.6 Å². The van der Waals surface area contributed by atoms with Crippen LogP contribution < -0.4 is 5.32 Å². The molecule has 1 N–H and O–H groups in total. The van der Waals surface area contributed by atoms with Crippen LogP contribution in [0.4, 0.5) is 0 Å². The zero-order valence-corrected chi connectivity index (χ0v) is 12.1. The second kappa shape index (κ2) is 5.85. The fraction of sp³-hybridized carbons (Fsp3) is 0.500. The molecule has 0 aliphatic carbocycles. The quantitative estimate of drug-likeness (QED) is 0.887. The van der Waals surface area contributed by atoms with E-state index in [1.165, 1.54) is 0 Å². The highest BCUT2D eigenvalue weighted by Gasteiger charge is 2.35. The van der Waals surface area contributed by atoms with Gasteiger partial charge in [0.2, 0.25) is 11.8 Å². The topological polar surface area (TPSA) is 58.6 Å². The van der Waals surface area contributed by atoms with Crippen molar-refractivity contribution in [3.8, 4) is 0 Å². The Balaban J connectivity index is 1.71. The average molecular weight is 288 g/mol. The van der Waals surface area contributed by atoms with Crippen LogP contribution in [0.2, 0.25) is 0 Å². The maximum atomic E-state index is 12.5. The molecule has 0 saturated carbocycles. The maximum Gasteiger partial charge on any atom is 0.228 e. The zero-order chi connectivity index (χ0) is 14.8. The molecule has 1 aromatic rings. The molecule has 0 aromatic heterocycles. The lowest BCUT2D eigenvalue weighted by Gasteiger charge is -2.38. The molecule has 3 rings (SSSR count). The summed E-state index contributed by atoms with van der Waals surface area (Å²) in [4.78, 5) is 25.7. The summed E-state index contributed by atoms with van der Waals surface area (Å²) in [6.07, 6.45) is 0.211. The number of hydrogen-bond donors (Lipinski definition) is 1. The van der Waals surface area contributed by atoms with E-state index in [4.69, 9.17) is 4.74 Å². The second-order valence-corrected chi connectivity index (χ2v) is 5.79. The van der Waals surface area contributed by atoms with Crippen molar-refractivity contribution in [3.05, 3.63) is 35.9 Å². The summed E-state index contributed by atoms with van der Waals surface area (Å²) < 4.78 is 5.96. The first kappa shape index (κ1) is 14.1. The number of rotatable bonds is 2. The maximum absolute atomic E-state index is 12.5. The van der Waals surface area contributed by atoms with E-state index in [0.717, 1.165) is 5.56 Å². The molecule has 112 valence electrons. The SMILES string of the molecule is CC1CN(C(=O)C2CNC(=O)C2)CC(c2ccccc2)O1. The first-order chi connectivity index (χ1) is 10.1. The van der Waals surface area contributed by atoms with Crippen LogP contribution in [-0.4, -0.2) is 42.5 Å². The zero-order valence-electron chi connectivity index (χ0n) is 12.1. The van der Waals surface area contributed by atoms with E-state index in [9.17, 15) is 9.59 Å². The van der Waals surface area contributed by atoms with E-state index in [1.807, 2.05) is 42.2 Å². The highest BCUT2D eigenvalue weighted by molar-refractivity contribution is 5.89. The molecule has 5 heteroatoms. The van der Waals surface area contributed by atoms with Crippen molar-refractivity contribution in [1.82, 2.24) is 10.2 Å². The molecule has 0 bridgehead atoms. The Morgan fingerprint density at radius 3 is 2.71 bits per heavy atom. The number of amides is 2. The number of ether oxygens (including phenoxy) is 1. The molecule has 21 heavy (non-hydrogen) atoms. The molecule has 2 saturated heterocycles. The fourth-order valence-electron chi connectivity index (χ4n) is 3.02. The molecular formula is C16H20N2O3. The van der Waals surface area contributed by atoms with Gasteiger partial charge < -0.3 is 15.0 Å². The van der Waals surface area contributed by atoms with Gasteiger partial charge in [0.15, 0.2) is 0 Å². The molecule has 0 radical (unpaired) electrons. The predicted molar refractivity (Wildman–Crippen MR) is 77.4 cm³/mol. The summed E-state index contributed by atoms with van der Waals surface area (Å²) in [5.41, 5.74) is 1.09. The summed E-state index contributed by atoms with van der Waals surface area (Å²) >= 11 is 0. The Morgan fingerprint density at radius 2 is 2.05 bits per heavy atom. The summed E-state index contributed by atoms with van der Waals surface area (Å²) in [5.74, 6) is -0.196. The van der Waals surface area contributed by atoms with Gasteiger partial charge in [0, 0.05) is 19.5 Å². The highest BCUT2D eigenvalue weighted by Crippen LogP contribution is 2.26. The summed E-state index contributed by atoms with van der Waals surface area (Å²) in [6.45, 7) is 3.58. The average Bonchev–Trinajstić information content (AvgIpc) is 2.93. The van der Waals surface area contributed by atoms with Gasteiger partial charge in [0.1, 0.15) is 6.10 Å². The molecule has 1 aromatic carbocycles. The lowest BCUT2D eigenvalue weighted by Crippen LogP contribution is -2.48. The predicted octanol–water partition coefficient (Wildman–Crippen LogP) is 1.11. The van der Waals surface area contributed by atoms with Crippen molar-refractivity contribution in [3.63, 3.8) is 0 Å². The molecule has 2 heterocycles. The number of carbonyl (C=O) groups excluding carboxylic acids is 2. The molecule has 0 spiro atoms. The molecular weight excluding hydrogens is 268 g/mol. The van der Waals surface area contributed by atoms with E-state index in [1.54, 1.807) is 0 Å². The van der Waals surface area contributed by atoms with Gasteiger partial charge in [-0.25, -0.2) is 0 Å². The number of carbonyl (C=O) groups is 2. The number of nitrogens with zero attached hydrogens (tertiary/aromatic N) is 1. The minimum absolute atomic E-state index is 0.00188. The molecule has 2 fully saturated rings. The van der Waals surface area contributed by atoms with Gasteiger partial charge in [-0.2, -0.15) is 0 Å². The summed E-state index contributed by atoms with van der Waals surface area (Å²) in [6, 6.07) is 9.96. The third kappa shape index (κ3) is 3.08. The first-order valence-electron chi connectivity index (χ1n) is 7.39. The molecule has 3 atom stereocenters. The molecule has 2 aliphatic heterocycles. The minimum Gasteiger partial charge on any atom is -0.367 e. The molecule has 2 aliphatic rings. The van der Waals surface area contributed by atoms with Gasteiger partial charge in [-0.3, -0.25) is 9.59 Å². The molecule has 5 nitrogen and oxygen atoms in total. The van der Waals surface area contributed by atoms with Gasteiger partial charge in [0.05, 0.1) is 18.6 Å². The van der Waals surface area contributed by atoms with E-state index >= 15 is 0 Å². The third-order valence-corrected chi connectivity index (χ3v) is 4.07. The highest BCUT2D eigenvalue weighted by atomic mass is 16.5. The molecule has 3 unspecified atom stereocenters. The van der Waals surface area contributed by atoms with Gasteiger partial charge in [-0.05, 0) is 12.5 Å². The van der Waals surface area contributed by atoms with Gasteiger partial charge in [-0.1, -0.05) is 30.3 Å². The van der Waals surface area contributed by atoms with Crippen LogP contribution >= 0.6 is 0 Å². The lowest BCUT2D eigenvalue weighted by molar-refractivity contribution is -0.148. The first-order valence-corrected chi connectivity index (χ1v) is 7.39. The lowest BCUT2D eigenvalue weighted by atomic mass is 10.0. The van der Waals surface area contributed by atoms with E-state index < -0.39 is 0 Å². The number of morpholine rings is 1. The normalized spacial score (nSPS) is 29.3. The van der Waals surface area contributed by atoms with Crippen LogP contribution in [-0.2, 0) is 14.3 Å². The van der Waals surface area contributed by atoms with Crippen LogP contribution in [0.3, 0.4) is 0 Å². The van der Waals surface area contributed by atoms with Crippen molar-refractivity contribution in [2.24, 2.45) is 5.92 Å². The van der Waals surface area contributed by atoms with Crippen molar-refractivity contribution < 1.29 is 14.3 Å². The fourth-order valence-corrected chi connectivity index (χ4v) is 3.02. The van der Waals surface area contributed by atoms with Crippen LogP contribution in [0.1, 0.15) is 25.0 Å². The van der Waals surface area contributed by atoms with Crippen LogP contribution in [0, 0.1) is 5.92 Å².